The fourth-order valence-corrected chi connectivity index (χ4v) is 1.45. The number of rotatable bonds is 1. The second-order valence-electron chi connectivity index (χ2n) is 2.97. The normalized spacial score (nSPS) is 36.9. The van der Waals surface area contributed by atoms with E-state index in [4.69, 9.17) is 11.2 Å². The van der Waals surface area contributed by atoms with Gasteiger partial charge in [-0.15, -0.1) is 12.3 Å². The van der Waals surface area contributed by atoms with Crippen LogP contribution in [-0.4, -0.2) is 17.5 Å². The van der Waals surface area contributed by atoms with Gasteiger partial charge in [0.15, 0.2) is 5.78 Å². The molecule has 0 radical (unpaired) electrons. The number of fused-ring (bicyclic) bond motifs is 2. The highest BCUT2D eigenvalue weighted by Crippen LogP contribution is 2.32. The van der Waals surface area contributed by atoms with Crippen LogP contribution in [0.25, 0.3) is 0 Å². The van der Waals surface area contributed by atoms with Crippen LogP contribution in [0.5, 0.6) is 0 Å². The van der Waals surface area contributed by atoms with E-state index in [1.807, 2.05) is 6.08 Å². The molecule has 2 aliphatic rings. The van der Waals surface area contributed by atoms with Gasteiger partial charge in [0.1, 0.15) is 11.7 Å². The molecule has 2 unspecified atom stereocenters. The molecule has 0 N–H and O–H groups in total. The molecular formula is C10H8O2. The molecule has 0 amide bonds. The molecule has 0 fully saturated rings. The molecule has 2 heteroatoms. The number of ether oxygens (including phenoxy) is 1. The third-order valence-electron chi connectivity index (χ3n) is 2.09. The standard InChI is InChI=1S/C10H8O2/c1-2-5-10-6-3-8(11)9(12-10)4-7-10/h1,3-4,6-7,9H,5H2. The summed E-state index contributed by atoms with van der Waals surface area (Å²) in [6.45, 7) is 0. The fraction of sp³-hybridized carbons (Fsp3) is 0.300. The fourth-order valence-electron chi connectivity index (χ4n) is 1.45. The molecule has 0 aliphatic carbocycles. The van der Waals surface area contributed by atoms with Crippen molar-refractivity contribution in [3.8, 4) is 12.3 Å². The van der Waals surface area contributed by atoms with Crippen LogP contribution in [0.4, 0.5) is 0 Å². The predicted molar refractivity (Wildman–Crippen MR) is 44.3 cm³/mol. The third-order valence-corrected chi connectivity index (χ3v) is 2.09. The van der Waals surface area contributed by atoms with Crippen molar-refractivity contribution in [1.29, 1.82) is 0 Å². The zero-order valence-corrected chi connectivity index (χ0v) is 6.49. The lowest BCUT2D eigenvalue weighted by molar-refractivity contribution is -0.127. The van der Waals surface area contributed by atoms with Gasteiger partial charge in [-0.1, -0.05) is 0 Å². The van der Waals surface area contributed by atoms with E-state index >= 15 is 0 Å². The first kappa shape index (κ1) is 7.33. The minimum absolute atomic E-state index is 0.00334. The minimum atomic E-state index is -0.493. The van der Waals surface area contributed by atoms with Crippen molar-refractivity contribution < 1.29 is 9.53 Å². The number of ketones is 1. The van der Waals surface area contributed by atoms with E-state index in [-0.39, 0.29) is 5.78 Å². The Bertz CT molecular complexity index is 319. The van der Waals surface area contributed by atoms with E-state index in [0.717, 1.165) is 0 Å². The molecule has 2 rings (SSSR count). The molecule has 60 valence electrons. The highest BCUT2D eigenvalue weighted by molar-refractivity contribution is 5.96. The molecule has 0 saturated carbocycles. The maximum Gasteiger partial charge on any atom is 0.188 e. The van der Waals surface area contributed by atoms with Gasteiger partial charge in [0.05, 0.1) is 0 Å². The Morgan fingerprint density at radius 1 is 1.67 bits per heavy atom. The van der Waals surface area contributed by atoms with Crippen LogP contribution >= 0.6 is 0 Å². The van der Waals surface area contributed by atoms with Gasteiger partial charge in [0, 0.05) is 6.42 Å². The monoisotopic (exact) mass is 160 g/mol. The average molecular weight is 160 g/mol. The minimum Gasteiger partial charge on any atom is -0.350 e. The summed E-state index contributed by atoms with van der Waals surface area (Å²) >= 11 is 0. The van der Waals surface area contributed by atoms with Gasteiger partial charge in [-0.25, -0.2) is 0 Å². The first-order valence-corrected chi connectivity index (χ1v) is 3.79. The van der Waals surface area contributed by atoms with E-state index in [1.165, 1.54) is 0 Å². The Hall–Kier alpha value is -1.33. The SMILES string of the molecule is C#CCC12C=CC(=O)C(C=C1)O2. The molecule has 0 aromatic rings. The highest BCUT2D eigenvalue weighted by atomic mass is 16.5. The van der Waals surface area contributed by atoms with Crippen LogP contribution in [0.3, 0.4) is 0 Å². The van der Waals surface area contributed by atoms with Crippen molar-refractivity contribution in [3.05, 3.63) is 24.3 Å². The van der Waals surface area contributed by atoms with Crippen LogP contribution in [0.15, 0.2) is 24.3 Å². The van der Waals surface area contributed by atoms with E-state index in [9.17, 15) is 4.79 Å². The van der Waals surface area contributed by atoms with Gasteiger partial charge in [-0.2, -0.15) is 0 Å². The quantitative estimate of drug-likeness (QED) is 0.419. The summed E-state index contributed by atoms with van der Waals surface area (Å²) in [6, 6.07) is 0. The largest absolute Gasteiger partial charge is 0.350 e. The number of carbonyl (C=O) groups is 1. The summed E-state index contributed by atoms with van der Waals surface area (Å²) in [6.07, 6.45) is 12.2. The Labute approximate surface area is 70.9 Å². The van der Waals surface area contributed by atoms with Crippen molar-refractivity contribution in [2.24, 2.45) is 0 Å². The van der Waals surface area contributed by atoms with E-state index in [2.05, 4.69) is 5.92 Å². The van der Waals surface area contributed by atoms with Crippen LogP contribution in [-0.2, 0) is 9.53 Å². The zero-order chi connectivity index (χ0) is 8.60. The summed E-state index contributed by atoms with van der Waals surface area (Å²) in [7, 11) is 0. The van der Waals surface area contributed by atoms with Crippen molar-refractivity contribution in [2.75, 3.05) is 0 Å². The highest BCUT2D eigenvalue weighted by Gasteiger charge is 2.38. The molecule has 0 aromatic heterocycles. The number of hydrogen-bond acceptors (Lipinski definition) is 2. The van der Waals surface area contributed by atoms with Gasteiger partial charge in [0.25, 0.3) is 0 Å². The Balaban J connectivity index is 2.33. The first-order chi connectivity index (χ1) is 5.76. The lowest BCUT2D eigenvalue weighted by atomic mass is 9.99. The smallest absolute Gasteiger partial charge is 0.188 e. The maximum atomic E-state index is 11.1. The van der Waals surface area contributed by atoms with Crippen molar-refractivity contribution in [3.63, 3.8) is 0 Å². The summed E-state index contributed by atoms with van der Waals surface area (Å²) in [4.78, 5) is 11.1. The second kappa shape index (κ2) is 2.33. The lowest BCUT2D eigenvalue weighted by Crippen LogP contribution is -2.33. The molecule has 12 heavy (non-hydrogen) atoms. The maximum absolute atomic E-state index is 11.1. The summed E-state index contributed by atoms with van der Waals surface area (Å²) in [5.74, 6) is 2.53. The van der Waals surface area contributed by atoms with Gasteiger partial charge in [-0.3, -0.25) is 4.79 Å². The topological polar surface area (TPSA) is 26.3 Å². The summed E-state index contributed by atoms with van der Waals surface area (Å²) < 4.78 is 5.45. The van der Waals surface area contributed by atoms with Gasteiger partial charge in [-0.05, 0) is 24.3 Å². The van der Waals surface area contributed by atoms with Crippen molar-refractivity contribution in [2.45, 2.75) is 18.1 Å². The summed E-state index contributed by atoms with van der Waals surface area (Å²) in [5, 5.41) is 0. The van der Waals surface area contributed by atoms with Crippen LogP contribution < -0.4 is 0 Å². The predicted octanol–water partition coefficient (Wildman–Crippen LogP) is 0.842. The molecule has 0 saturated heterocycles. The molecule has 0 spiro atoms. The van der Waals surface area contributed by atoms with E-state index in [1.54, 1.807) is 18.2 Å². The average Bonchev–Trinajstić information content (AvgIpc) is 2.41. The number of hydrogen-bond donors (Lipinski definition) is 0. The molecular weight excluding hydrogens is 152 g/mol. The first-order valence-electron chi connectivity index (χ1n) is 3.79. The number of carbonyl (C=O) groups excluding carboxylic acids is 1. The Kier molecular flexibility index (Phi) is 1.42. The van der Waals surface area contributed by atoms with Gasteiger partial charge in [0.2, 0.25) is 0 Å². The molecule has 2 aliphatic heterocycles. The van der Waals surface area contributed by atoms with Crippen molar-refractivity contribution in [1.82, 2.24) is 0 Å². The van der Waals surface area contributed by atoms with E-state index in [0.29, 0.717) is 6.42 Å². The van der Waals surface area contributed by atoms with Gasteiger partial charge < -0.3 is 4.74 Å². The third kappa shape index (κ3) is 0.910. The Morgan fingerprint density at radius 3 is 3.25 bits per heavy atom. The van der Waals surface area contributed by atoms with Crippen LogP contribution in [0.1, 0.15) is 6.42 Å². The van der Waals surface area contributed by atoms with E-state index < -0.39 is 11.7 Å². The molecule has 2 nitrogen and oxygen atoms in total. The van der Waals surface area contributed by atoms with Crippen molar-refractivity contribution >= 4 is 5.78 Å². The molecule has 2 heterocycles. The molecule has 2 atom stereocenters. The van der Waals surface area contributed by atoms with Crippen LogP contribution in [0, 0.1) is 12.3 Å². The van der Waals surface area contributed by atoms with Gasteiger partial charge >= 0.3 is 0 Å². The second-order valence-corrected chi connectivity index (χ2v) is 2.97. The lowest BCUT2D eigenvalue weighted by Gasteiger charge is -2.25. The van der Waals surface area contributed by atoms with Crippen LogP contribution in [0.2, 0.25) is 0 Å². The number of terminal acetylenes is 1. The Morgan fingerprint density at radius 2 is 2.50 bits per heavy atom. The zero-order valence-electron chi connectivity index (χ0n) is 6.49. The molecule has 2 bridgehead atoms. The summed E-state index contributed by atoms with van der Waals surface area (Å²) in [5.41, 5.74) is -0.493. The molecule has 0 aromatic carbocycles.